The molecule has 0 bridgehead atoms. The molecule has 0 spiro atoms. The van der Waals surface area contributed by atoms with E-state index in [0.29, 0.717) is 5.70 Å². The average molecular weight is 240 g/mol. The highest BCUT2D eigenvalue weighted by molar-refractivity contribution is 5.24. The lowest BCUT2D eigenvalue weighted by Crippen LogP contribution is -1.72. The molecule has 0 rings (SSSR count). The SMILES string of the molecule is C=C/C=C\C=C(/C=C)N=NC(/C=C\C=C/C)=C/C. The molecule has 2 heteroatoms. The molecule has 18 heavy (non-hydrogen) atoms. The summed E-state index contributed by atoms with van der Waals surface area (Å²) in [5.41, 5.74) is 1.50. The summed E-state index contributed by atoms with van der Waals surface area (Å²) in [6, 6.07) is 0. The van der Waals surface area contributed by atoms with Crippen LogP contribution >= 0.6 is 0 Å². The van der Waals surface area contributed by atoms with Gasteiger partial charge in [-0.25, -0.2) is 0 Å². The standard InChI is InChI=1S/C16H20N2/c1-5-9-11-13-15(7-3)17-18-16(8-4)14-12-10-6-2/h5-14H,1,3H2,2,4H3/b10-6-,11-9-,14-12-,15-13+,16-8+,18-17?. The zero-order valence-electron chi connectivity index (χ0n) is 11.1. The van der Waals surface area contributed by atoms with Crippen LogP contribution in [0.5, 0.6) is 0 Å². The third kappa shape index (κ3) is 7.99. The van der Waals surface area contributed by atoms with E-state index in [4.69, 9.17) is 0 Å². The summed E-state index contributed by atoms with van der Waals surface area (Å²) >= 11 is 0. The molecule has 0 heterocycles. The smallest absolute Gasteiger partial charge is 0.0851 e. The zero-order valence-corrected chi connectivity index (χ0v) is 11.1. The van der Waals surface area contributed by atoms with Crippen molar-refractivity contribution >= 4 is 0 Å². The lowest BCUT2D eigenvalue weighted by Gasteiger charge is -1.92. The highest BCUT2D eigenvalue weighted by atomic mass is 15.1. The first kappa shape index (κ1) is 15.8. The first-order valence-corrected chi connectivity index (χ1v) is 5.77. The van der Waals surface area contributed by atoms with Gasteiger partial charge in [0.25, 0.3) is 0 Å². The molecule has 0 radical (unpaired) electrons. The van der Waals surface area contributed by atoms with Crippen molar-refractivity contribution in [3.8, 4) is 0 Å². The minimum absolute atomic E-state index is 0.701. The van der Waals surface area contributed by atoms with Crippen molar-refractivity contribution in [3.05, 3.63) is 85.3 Å². The largest absolute Gasteiger partial charge is 0.151 e. The van der Waals surface area contributed by atoms with Crippen molar-refractivity contribution in [1.82, 2.24) is 0 Å². The molecule has 0 aliphatic rings. The van der Waals surface area contributed by atoms with E-state index in [1.165, 1.54) is 0 Å². The van der Waals surface area contributed by atoms with Crippen LogP contribution < -0.4 is 0 Å². The maximum absolute atomic E-state index is 4.13. The Morgan fingerprint density at radius 3 is 2.17 bits per heavy atom. The lowest BCUT2D eigenvalue weighted by molar-refractivity contribution is 1.12. The van der Waals surface area contributed by atoms with Crippen LogP contribution in [0.15, 0.2) is 95.5 Å². The zero-order chi connectivity index (χ0) is 13.6. The van der Waals surface area contributed by atoms with Crippen LogP contribution in [-0.4, -0.2) is 0 Å². The fourth-order valence-corrected chi connectivity index (χ4v) is 0.943. The van der Waals surface area contributed by atoms with Gasteiger partial charge in [-0.1, -0.05) is 55.7 Å². The highest BCUT2D eigenvalue weighted by Gasteiger charge is 1.87. The Morgan fingerprint density at radius 2 is 1.61 bits per heavy atom. The number of azo groups is 1. The second-order valence-corrected chi connectivity index (χ2v) is 3.21. The molecule has 0 N–H and O–H groups in total. The average Bonchev–Trinajstić information content (AvgIpc) is 2.40. The predicted octanol–water partition coefficient (Wildman–Crippen LogP) is 5.29. The topological polar surface area (TPSA) is 24.7 Å². The molecule has 0 unspecified atom stereocenters. The first-order valence-electron chi connectivity index (χ1n) is 5.77. The van der Waals surface area contributed by atoms with Crippen LogP contribution in [0.25, 0.3) is 0 Å². The van der Waals surface area contributed by atoms with Crippen molar-refractivity contribution in [1.29, 1.82) is 0 Å². The van der Waals surface area contributed by atoms with Gasteiger partial charge in [-0.05, 0) is 32.1 Å². The molecule has 0 aromatic rings. The lowest BCUT2D eigenvalue weighted by atomic mass is 10.3. The summed E-state index contributed by atoms with van der Waals surface area (Å²) in [6.07, 6.45) is 18.4. The van der Waals surface area contributed by atoms with E-state index >= 15 is 0 Å². The van der Waals surface area contributed by atoms with E-state index < -0.39 is 0 Å². The van der Waals surface area contributed by atoms with Crippen LogP contribution in [0.3, 0.4) is 0 Å². The minimum atomic E-state index is 0.701. The van der Waals surface area contributed by atoms with Gasteiger partial charge >= 0.3 is 0 Å². The Morgan fingerprint density at radius 1 is 0.889 bits per heavy atom. The van der Waals surface area contributed by atoms with Crippen LogP contribution in [0.2, 0.25) is 0 Å². The van der Waals surface area contributed by atoms with Crippen molar-refractivity contribution in [2.45, 2.75) is 13.8 Å². The molecular weight excluding hydrogens is 220 g/mol. The summed E-state index contributed by atoms with van der Waals surface area (Å²) in [4.78, 5) is 0. The molecule has 0 aliphatic carbocycles. The van der Waals surface area contributed by atoms with Gasteiger partial charge in [-0.15, -0.1) is 0 Å². The Labute approximate surface area is 110 Å². The fourth-order valence-electron chi connectivity index (χ4n) is 0.943. The number of nitrogens with zero attached hydrogens (tertiary/aromatic N) is 2. The monoisotopic (exact) mass is 240 g/mol. The number of rotatable bonds is 7. The fraction of sp³-hybridized carbons (Fsp3) is 0.125. The molecule has 0 atom stereocenters. The number of hydrogen-bond donors (Lipinski definition) is 0. The Bertz CT molecular complexity index is 430. The minimum Gasteiger partial charge on any atom is -0.151 e. The molecule has 94 valence electrons. The first-order chi connectivity index (χ1) is 8.78. The summed E-state index contributed by atoms with van der Waals surface area (Å²) in [7, 11) is 0. The van der Waals surface area contributed by atoms with Gasteiger partial charge in [0, 0.05) is 0 Å². The molecule has 0 aliphatic heterocycles. The van der Waals surface area contributed by atoms with Gasteiger partial charge in [0.2, 0.25) is 0 Å². The Balaban J connectivity index is 4.76. The number of allylic oxidation sites excluding steroid dienone is 10. The second-order valence-electron chi connectivity index (χ2n) is 3.21. The number of hydrogen-bond acceptors (Lipinski definition) is 2. The van der Waals surface area contributed by atoms with Gasteiger partial charge in [-0.3, -0.25) is 0 Å². The Hall–Kier alpha value is -2.22. The van der Waals surface area contributed by atoms with Gasteiger partial charge in [0.05, 0.1) is 11.4 Å². The van der Waals surface area contributed by atoms with Crippen molar-refractivity contribution in [2.75, 3.05) is 0 Å². The highest BCUT2D eigenvalue weighted by Crippen LogP contribution is 2.06. The normalized spacial score (nSPS) is 14.3. The molecule has 0 amide bonds. The molecule has 0 fully saturated rings. The van der Waals surface area contributed by atoms with E-state index in [1.54, 1.807) is 12.2 Å². The van der Waals surface area contributed by atoms with E-state index in [0.717, 1.165) is 5.70 Å². The summed E-state index contributed by atoms with van der Waals surface area (Å²) in [5.74, 6) is 0. The van der Waals surface area contributed by atoms with Crippen LogP contribution in [0.4, 0.5) is 0 Å². The van der Waals surface area contributed by atoms with E-state index in [1.807, 2.05) is 62.5 Å². The van der Waals surface area contributed by atoms with Gasteiger partial charge < -0.3 is 0 Å². The van der Waals surface area contributed by atoms with Gasteiger partial charge in [-0.2, -0.15) is 10.2 Å². The molecular formula is C16H20N2. The third-order valence-corrected chi connectivity index (χ3v) is 1.87. The quantitative estimate of drug-likeness (QED) is 0.427. The maximum Gasteiger partial charge on any atom is 0.0851 e. The van der Waals surface area contributed by atoms with Crippen molar-refractivity contribution in [2.24, 2.45) is 10.2 Å². The molecule has 2 nitrogen and oxygen atoms in total. The Kier molecular flexibility index (Phi) is 9.88. The van der Waals surface area contributed by atoms with E-state index in [9.17, 15) is 0 Å². The van der Waals surface area contributed by atoms with Crippen LogP contribution in [0.1, 0.15) is 13.8 Å². The summed E-state index contributed by atoms with van der Waals surface area (Å²) < 4.78 is 0. The predicted molar refractivity (Wildman–Crippen MR) is 80.2 cm³/mol. The van der Waals surface area contributed by atoms with E-state index in [2.05, 4.69) is 23.4 Å². The van der Waals surface area contributed by atoms with Gasteiger partial charge in [0.1, 0.15) is 0 Å². The van der Waals surface area contributed by atoms with E-state index in [-0.39, 0.29) is 0 Å². The molecule has 0 saturated carbocycles. The maximum atomic E-state index is 4.13. The van der Waals surface area contributed by atoms with Crippen LogP contribution in [-0.2, 0) is 0 Å². The molecule has 0 aromatic heterocycles. The summed E-state index contributed by atoms with van der Waals surface area (Å²) in [6.45, 7) is 11.2. The van der Waals surface area contributed by atoms with Crippen LogP contribution in [0, 0.1) is 0 Å². The van der Waals surface area contributed by atoms with Crippen molar-refractivity contribution < 1.29 is 0 Å². The molecule has 0 saturated heterocycles. The third-order valence-electron chi connectivity index (χ3n) is 1.87. The van der Waals surface area contributed by atoms with Gasteiger partial charge in [0.15, 0.2) is 0 Å². The van der Waals surface area contributed by atoms with Crippen molar-refractivity contribution in [3.63, 3.8) is 0 Å². The second kappa shape index (κ2) is 11.3. The summed E-state index contributed by atoms with van der Waals surface area (Å²) in [5, 5.41) is 8.23. The molecule has 0 aromatic carbocycles.